The largest absolute Gasteiger partial charge is 0.460 e. The van der Waals surface area contributed by atoms with Crippen LogP contribution in [0.5, 0.6) is 0 Å². The van der Waals surface area contributed by atoms with E-state index < -0.39 is 6.10 Å². The number of rotatable bonds is 7. The van der Waals surface area contributed by atoms with E-state index in [1.165, 1.54) is 11.8 Å². The lowest BCUT2D eigenvalue weighted by Gasteiger charge is -2.21. The van der Waals surface area contributed by atoms with Crippen LogP contribution in [0.2, 0.25) is 0 Å². The van der Waals surface area contributed by atoms with E-state index in [4.69, 9.17) is 4.74 Å². The molecule has 4 heteroatoms. The molecule has 1 aromatic rings. The summed E-state index contributed by atoms with van der Waals surface area (Å²) in [6, 6.07) is 10.0. The first-order valence-electron chi connectivity index (χ1n) is 6.16. The highest BCUT2D eigenvalue weighted by molar-refractivity contribution is 7.99. The Hall–Kier alpha value is -1.00. The van der Waals surface area contributed by atoms with E-state index in [0.717, 1.165) is 5.75 Å². The number of ether oxygens (including phenoxy) is 1. The van der Waals surface area contributed by atoms with Gasteiger partial charge in [0.15, 0.2) is 0 Å². The third-order valence-electron chi connectivity index (χ3n) is 2.57. The molecule has 0 aromatic heterocycles. The zero-order valence-corrected chi connectivity index (χ0v) is 11.7. The molecule has 0 amide bonds. The third-order valence-corrected chi connectivity index (χ3v) is 3.62. The zero-order chi connectivity index (χ0) is 13.4. The number of hydrogen-bond acceptors (Lipinski definition) is 4. The molecule has 0 fully saturated rings. The molecule has 2 atom stereocenters. The van der Waals surface area contributed by atoms with Gasteiger partial charge in [0.05, 0.1) is 6.10 Å². The van der Waals surface area contributed by atoms with Gasteiger partial charge in [0.2, 0.25) is 0 Å². The van der Waals surface area contributed by atoms with Crippen molar-refractivity contribution in [3.8, 4) is 0 Å². The van der Waals surface area contributed by atoms with Gasteiger partial charge in [-0.15, -0.1) is 11.8 Å². The van der Waals surface area contributed by atoms with Crippen molar-refractivity contribution in [3.05, 3.63) is 30.3 Å². The van der Waals surface area contributed by atoms with E-state index in [1.807, 2.05) is 37.3 Å². The molecule has 0 radical (unpaired) electrons. The van der Waals surface area contributed by atoms with Crippen LogP contribution in [0.1, 0.15) is 26.7 Å². The Morgan fingerprint density at radius 1 is 1.39 bits per heavy atom. The van der Waals surface area contributed by atoms with Crippen molar-refractivity contribution in [3.63, 3.8) is 0 Å². The van der Waals surface area contributed by atoms with Gasteiger partial charge in [0.25, 0.3) is 0 Å². The molecule has 18 heavy (non-hydrogen) atoms. The Morgan fingerprint density at radius 2 is 2.06 bits per heavy atom. The van der Waals surface area contributed by atoms with Gasteiger partial charge in [-0.1, -0.05) is 25.1 Å². The van der Waals surface area contributed by atoms with Gasteiger partial charge in [-0.3, -0.25) is 4.79 Å². The Balaban J connectivity index is 2.31. The van der Waals surface area contributed by atoms with Gasteiger partial charge in [0, 0.05) is 17.6 Å². The topological polar surface area (TPSA) is 46.5 Å². The predicted octanol–water partition coefficient (Wildman–Crippen LogP) is 2.87. The Kier molecular flexibility index (Phi) is 6.83. The van der Waals surface area contributed by atoms with Crippen molar-refractivity contribution in [2.45, 2.75) is 43.8 Å². The molecule has 0 aliphatic rings. The number of benzene rings is 1. The second-order valence-corrected chi connectivity index (χ2v) is 5.24. The fourth-order valence-electron chi connectivity index (χ4n) is 1.65. The third kappa shape index (κ3) is 5.56. The average Bonchev–Trinajstić information content (AvgIpc) is 2.36. The lowest BCUT2D eigenvalue weighted by atomic mass is 10.1. The minimum absolute atomic E-state index is 0.336. The van der Waals surface area contributed by atoms with Crippen LogP contribution in [-0.2, 0) is 9.53 Å². The van der Waals surface area contributed by atoms with Gasteiger partial charge in [-0.25, -0.2) is 0 Å². The van der Waals surface area contributed by atoms with Crippen LogP contribution >= 0.6 is 11.8 Å². The van der Waals surface area contributed by atoms with Gasteiger partial charge in [-0.2, -0.15) is 0 Å². The first-order valence-corrected chi connectivity index (χ1v) is 7.15. The number of carbonyl (C=O) groups is 1. The minimum atomic E-state index is -0.588. The van der Waals surface area contributed by atoms with Crippen molar-refractivity contribution < 1.29 is 14.6 Å². The molecular weight excluding hydrogens is 248 g/mol. The van der Waals surface area contributed by atoms with Crippen LogP contribution in [0, 0.1) is 0 Å². The predicted molar refractivity (Wildman–Crippen MR) is 73.6 cm³/mol. The second-order valence-electron chi connectivity index (χ2n) is 4.07. The molecule has 1 N–H and O–H groups in total. The fraction of sp³-hybridized carbons (Fsp3) is 0.500. The molecular formula is C14H20O3S. The van der Waals surface area contributed by atoms with E-state index in [0.29, 0.717) is 12.8 Å². The highest BCUT2D eigenvalue weighted by atomic mass is 32.2. The standard InChI is InChI=1S/C14H20O3S/c1-3-14(17-11(2)15)13(16)9-10-18-12-7-5-4-6-8-12/h4-8,13-14,16H,3,9-10H2,1-2H3. The maximum Gasteiger partial charge on any atom is 0.302 e. The van der Waals surface area contributed by atoms with Crippen molar-refractivity contribution in [2.75, 3.05) is 5.75 Å². The maximum absolute atomic E-state index is 10.9. The highest BCUT2D eigenvalue weighted by Gasteiger charge is 2.19. The number of esters is 1. The quantitative estimate of drug-likeness (QED) is 0.610. The number of aliphatic hydroxyl groups is 1. The lowest BCUT2D eigenvalue weighted by molar-refractivity contribution is -0.152. The van der Waals surface area contributed by atoms with Crippen LogP contribution in [0.15, 0.2) is 35.2 Å². The molecule has 0 heterocycles. The molecule has 0 saturated heterocycles. The second kappa shape index (κ2) is 8.16. The zero-order valence-electron chi connectivity index (χ0n) is 10.8. The summed E-state index contributed by atoms with van der Waals surface area (Å²) in [4.78, 5) is 12.1. The van der Waals surface area contributed by atoms with Gasteiger partial charge in [-0.05, 0) is 25.0 Å². The highest BCUT2D eigenvalue weighted by Crippen LogP contribution is 2.20. The molecule has 100 valence electrons. The summed E-state index contributed by atoms with van der Waals surface area (Å²) >= 11 is 1.70. The molecule has 0 bridgehead atoms. The normalized spacial score (nSPS) is 13.9. The van der Waals surface area contributed by atoms with Gasteiger partial charge >= 0.3 is 5.97 Å². The Labute approximate surface area is 113 Å². The van der Waals surface area contributed by atoms with E-state index in [-0.39, 0.29) is 12.1 Å². The smallest absolute Gasteiger partial charge is 0.302 e. The van der Waals surface area contributed by atoms with E-state index in [9.17, 15) is 9.90 Å². The minimum Gasteiger partial charge on any atom is -0.460 e. The number of carbonyl (C=O) groups excluding carboxylic acids is 1. The summed E-state index contributed by atoms with van der Waals surface area (Å²) in [5.74, 6) is 0.472. The summed E-state index contributed by atoms with van der Waals surface area (Å²) in [5.41, 5.74) is 0. The molecule has 2 unspecified atom stereocenters. The van der Waals surface area contributed by atoms with Crippen LogP contribution in [0.3, 0.4) is 0 Å². The Morgan fingerprint density at radius 3 is 2.61 bits per heavy atom. The summed E-state index contributed by atoms with van der Waals surface area (Å²) < 4.78 is 5.07. The number of aliphatic hydroxyl groups excluding tert-OH is 1. The molecule has 3 nitrogen and oxygen atoms in total. The van der Waals surface area contributed by atoms with E-state index >= 15 is 0 Å². The van der Waals surface area contributed by atoms with Crippen molar-refractivity contribution in [2.24, 2.45) is 0 Å². The first kappa shape index (κ1) is 15.1. The SMILES string of the molecule is CCC(OC(C)=O)C(O)CCSc1ccccc1. The summed E-state index contributed by atoms with van der Waals surface area (Å²) in [5, 5.41) is 9.95. The molecule has 0 aliphatic heterocycles. The van der Waals surface area contributed by atoms with Gasteiger partial charge in [0.1, 0.15) is 6.10 Å². The van der Waals surface area contributed by atoms with Crippen LogP contribution in [0.4, 0.5) is 0 Å². The van der Waals surface area contributed by atoms with Crippen molar-refractivity contribution >= 4 is 17.7 Å². The molecule has 0 spiro atoms. The maximum atomic E-state index is 10.9. The summed E-state index contributed by atoms with van der Waals surface area (Å²) in [7, 11) is 0. The summed E-state index contributed by atoms with van der Waals surface area (Å²) in [6.45, 7) is 3.27. The van der Waals surface area contributed by atoms with Crippen LogP contribution < -0.4 is 0 Å². The monoisotopic (exact) mass is 268 g/mol. The first-order chi connectivity index (χ1) is 8.63. The Bertz CT molecular complexity index is 353. The van der Waals surface area contributed by atoms with Gasteiger partial charge < -0.3 is 9.84 Å². The van der Waals surface area contributed by atoms with Crippen LogP contribution in [0.25, 0.3) is 0 Å². The lowest BCUT2D eigenvalue weighted by Crippen LogP contribution is -2.30. The summed E-state index contributed by atoms with van der Waals surface area (Å²) in [6.07, 6.45) is 0.274. The van der Waals surface area contributed by atoms with Crippen molar-refractivity contribution in [1.29, 1.82) is 0 Å². The van der Waals surface area contributed by atoms with Crippen molar-refractivity contribution in [1.82, 2.24) is 0 Å². The molecule has 1 rings (SSSR count). The number of thioether (sulfide) groups is 1. The number of hydrogen-bond donors (Lipinski definition) is 1. The van der Waals surface area contributed by atoms with E-state index in [2.05, 4.69) is 0 Å². The van der Waals surface area contributed by atoms with Crippen LogP contribution in [-0.4, -0.2) is 29.0 Å². The molecule has 0 aliphatic carbocycles. The average molecular weight is 268 g/mol. The molecule has 1 aromatic carbocycles. The fourth-order valence-corrected chi connectivity index (χ4v) is 2.59. The van der Waals surface area contributed by atoms with E-state index in [1.54, 1.807) is 11.8 Å². The molecule has 0 saturated carbocycles.